The van der Waals surface area contributed by atoms with Crippen molar-refractivity contribution in [2.75, 3.05) is 7.11 Å². The Morgan fingerprint density at radius 1 is 1.83 bits per heavy atom. The lowest BCUT2D eigenvalue weighted by Crippen LogP contribution is -2.24. The third-order valence-corrected chi connectivity index (χ3v) is 1.52. The van der Waals surface area contributed by atoms with Gasteiger partial charge in [-0.2, -0.15) is 0 Å². The van der Waals surface area contributed by atoms with Crippen molar-refractivity contribution in [1.82, 2.24) is 15.0 Å². The van der Waals surface area contributed by atoms with Crippen molar-refractivity contribution < 1.29 is 9.53 Å². The monoisotopic (exact) mass is 170 g/mol. The predicted molar refractivity (Wildman–Crippen MR) is 39.9 cm³/mol. The van der Waals surface area contributed by atoms with Crippen LogP contribution in [0, 0.1) is 0 Å². The molecule has 12 heavy (non-hydrogen) atoms. The molecule has 6 heteroatoms. The van der Waals surface area contributed by atoms with Crippen LogP contribution in [0.1, 0.15) is 11.7 Å². The molecule has 2 N–H and O–H groups in total. The molecule has 0 fully saturated rings. The molecule has 0 saturated heterocycles. The molecule has 0 aliphatic carbocycles. The van der Waals surface area contributed by atoms with E-state index in [4.69, 9.17) is 5.73 Å². The van der Waals surface area contributed by atoms with E-state index in [0.717, 1.165) is 0 Å². The highest BCUT2D eigenvalue weighted by molar-refractivity contribution is 5.76. The lowest BCUT2D eigenvalue weighted by Gasteiger charge is -2.07. The number of carbonyl (C=O) groups is 1. The highest BCUT2D eigenvalue weighted by Crippen LogP contribution is 2.07. The lowest BCUT2D eigenvalue weighted by atomic mass is 10.2. The summed E-state index contributed by atoms with van der Waals surface area (Å²) in [6.07, 6.45) is 1.43. The number of aromatic nitrogens is 3. The van der Waals surface area contributed by atoms with E-state index < -0.39 is 12.0 Å². The van der Waals surface area contributed by atoms with Gasteiger partial charge in [0.1, 0.15) is 6.04 Å². The Labute approximate surface area is 69.3 Å². The van der Waals surface area contributed by atoms with Crippen molar-refractivity contribution in [3.8, 4) is 0 Å². The molecule has 0 bridgehead atoms. The summed E-state index contributed by atoms with van der Waals surface area (Å²) in [5, 5.41) is 7.22. The fourth-order valence-electron chi connectivity index (χ4n) is 0.827. The molecule has 6 nitrogen and oxygen atoms in total. The summed E-state index contributed by atoms with van der Waals surface area (Å²) >= 11 is 0. The maximum atomic E-state index is 10.9. The molecule has 0 amide bonds. The first-order chi connectivity index (χ1) is 5.66. The Hall–Kier alpha value is -1.43. The number of aryl methyl sites for hydroxylation is 1. The quantitative estimate of drug-likeness (QED) is 0.575. The van der Waals surface area contributed by atoms with Gasteiger partial charge in [0.15, 0.2) is 0 Å². The van der Waals surface area contributed by atoms with E-state index in [1.54, 1.807) is 7.05 Å². The number of hydrogen-bond donors (Lipinski definition) is 1. The van der Waals surface area contributed by atoms with Crippen LogP contribution >= 0.6 is 0 Å². The standard InChI is InChI=1S/C6H10N4O2/c1-10-4(3-8-9-10)5(7)6(11)12-2/h3,5H,7H2,1-2H3. The van der Waals surface area contributed by atoms with Gasteiger partial charge in [0, 0.05) is 7.05 Å². The predicted octanol–water partition coefficient (Wildman–Crippen LogP) is -1.01. The van der Waals surface area contributed by atoms with Crippen molar-refractivity contribution in [3.63, 3.8) is 0 Å². The highest BCUT2D eigenvalue weighted by atomic mass is 16.5. The van der Waals surface area contributed by atoms with Gasteiger partial charge in [0.25, 0.3) is 0 Å². The fourth-order valence-corrected chi connectivity index (χ4v) is 0.827. The van der Waals surface area contributed by atoms with Crippen molar-refractivity contribution in [2.24, 2.45) is 12.8 Å². The van der Waals surface area contributed by atoms with Crippen LogP contribution in [0.3, 0.4) is 0 Å². The molecule has 0 saturated carbocycles. The Kier molecular flexibility index (Phi) is 2.39. The van der Waals surface area contributed by atoms with Crippen LogP contribution in [0.2, 0.25) is 0 Å². The summed E-state index contributed by atoms with van der Waals surface area (Å²) in [6.45, 7) is 0. The molecule has 1 rings (SSSR count). The molecular formula is C6H10N4O2. The number of esters is 1. The van der Waals surface area contributed by atoms with Gasteiger partial charge in [-0.15, -0.1) is 5.10 Å². The van der Waals surface area contributed by atoms with Crippen LogP contribution in [-0.4, -0.2) is 28.1 Å². The van der Waals surface area contributed by atoms with E-state index in [9.17, 15) is 4.79 Å². The number of rotatable bonds is 2. The number of methoxy groups -OCH3 is 1. The van der Waals surface area contributed by atoms with E-state index in [2.05, 4.69) is 15.0 Å². The van der Waals surface area contributed by atoms with E-state index in [0.29, 0.717) is 5.69 Å². The van der Waals surface area contributed by atoms with Gasteiger partial charge in [-0.25, -0.2) is 4.79 Å². The van der Waals surface area contributed by atoms with Crippen LogP contribution in [-0.2, 0) is 16.6 Å². The Balaban J connectivity index is 2.84. The van der Waals surface area contributed by atoms with E-state index in [1.165, 1.54) is 18.0 Å². The van der Waals surface area contributed by atoms with Crippen LogP contribution in [0.15, 0.2) is 6.20 Å². The number of nitrogens with two attached hydrogens (primary N) is 1. The third-order valence-electron chi connectivity index (χ3n) is 1.52. The molecule has 1 aromatic rings. The molecule has 1 heterocycles. The third kappa shape index (κ3) is 1.42. The average Bonchev–Trinajstić information content (AvgIpc) is 2.48. The van der Waals surface area contributed by atoms with Crippen LogP contribution in [0.4, 0.5) is 0 Å². The van der Waals surface area contributed by atoms with Crippen molar-refractivity contribution in [3.05, 3.63) is 11.9 Å². The molecule has 1 atom stereocenters. The van der Waals surface area contributed by atoms with Gasteiger partial charge in [-0.1, -0.05) is 5.21 Å². The van der Waals surface area contributed by atoms with Crippen molar-refractivity contribution >= 4 is 5.97 Å². The van der Waals surface area contributed by atoms with Gasteiger partial charge >= 0.3 is 5.97 Å². The molecule has 0 radical (unpaired) electrons. The molecule has 1 aromatic heterocycles. The first kappa shape index (κ1) is 8.66. The van der Waals surface area contributed by atoms with Crippen molar-refractivity contribution in [1.29, 1.82) is 0 Å². The average molecular weight is 170 g/mol. The second-order valence-corrected chi connectivity index (χ2v) is 2.28. The molecule has 0 aliphatic rings. The Morgan fingerprint density at radius 3 is 2.92 bits per heavy atom. The first-order valence-electron chi connectivity index (χ1n) is 3.34. The second kappa shape index (κ2) is 3.31. The summed E-state index contributed by atoms with van der Waals surface area (Å²) < 4.78 is 5.89. The zero-order valence-corrected chi connectivity index (χ0v) is 6.89. The zero-order valence-electron chi connectivity index (χ0n) is 6.89. The summed E-state index contributed by atoms with van der Waals surface area (Å²) in [5.41, 5.74) is 6.05. The van der Waals surface area contributed by atoms with E-state index in [1.807, 2.05) is 0 Å². The van der Waals surface area contributed by atoms with Gasteiger partial charge in [0.05, 0.1) is 19.0 Å². The first-order valence-corrected chi connectivity index (χ1v) is 3.34. The Morgan fingerprint density at radius 2 is 2.50 bits per heavy atom. The van der Waals surface area contributed by atoms with Gasteiger partial charge in [-0.3, -0.25) is 4.68 Å². The van der Waals surface area contributed by atoms with Crippen LogP contribution in [0.25, 0.3) is 0 Å². The topological polar surface area (TPSA) is 83.0 Å². The van der Waals surface area contributed by atoms with Crippen LogP contribution < -0.4 is 5.73 Å². The normalized spacial score (nSPS) is 12.6. The maximum absolute atomic E-state index is 10.9. The fraction of sp³-hybridized carbons (Fsp3) is 0.500. The Bertz CT molecular complexity index is 283. The zero-order chi connectivity index (χ0) is 9.14. The van der Waals surface area contributed by atoms with Gasteiger partial charge < -0.3 is 10.5 Å². The van der Waals surface area contributed by atoms with E-state index in [-0.39, 0.29) is 0 Å². The second-order valence-electron chi connectivity index (χ2n) is 2.28. The molecule has 1 unspecified atom stereocenters. The summed E-state index contributed by atoms with van der Waals surface area (Å²) in [4.78, 5) is 10.9. The van der Waals surface area contributed by atoms with E-state index >= 15 is 0 Å². The van der Waals surface area contributed by atoms with Gasteiger partial charge in [0.2, 0.25) is 0 Å². The molecule has 0 aliphatic heterocycles. The molecule has 0 aromatic carbocycles. The molecule has 66 valence electrons. The minimum atomic E-state index is -0.810. The van der Waals surface area contributed by atoms with Gasteiger partial charge in [-0.05, 0) is 0 Å². The minimum Gasteiger partial charge on any atom is -0.468 e. The summed E-state index contributed by atoms with van der Waals surface area (Å²) in [5.74, 6) is -0.500. The number of nitrogens with zero attached hydrogens (tertiary/aromatic N) is 3. The summed E-state index contributed by atoms with van der Waals surface area (Å²) in [7, 11) is 2.94. The molecular weight excluding hydrogens is 160 g/mol. The lowest BCUT2D eigenvalue weighted by molar-refractivity contribution is -0.142. The highest BCUT2D eigenvalue weighted by Gasteiger charge is 2.19. The summed E-state index contributed by atoms with van der Waals surface area (Å²) in [6, 6.07) is -0.810. The molecule has 0 spiro atoms. The maximum Gasteiger partial charge on any atom is 0.328 e. The number of hydrogen-bond acceptors (Lipinski definition) is 5. The SMILES string of the molecule is COC(=O)C(N)c1cnnn1C. The minimum absolute atomic E-state index is 0.500. The number of carbonyl (C=O) groups excluding carboxylic acids is 1. The largest absolute Gasteiger partial charge is 0.468 e. The number of ether oxygens (including phenoxy) is 1. The van der Waals surface area contributed by atoms with Crippen LogP contribution in [0.5, 0.6) is 0 Å². The smallest absolute Gasteiger partial charge is 0.328 e. The van der Waals surface area contributed by atoms with Crippen molar-refractivity contribution in [2.45, 2.75) is 6.04 Å².